The predicted octanol–water partition coefficient (Wildman–Crippen LogP) is 2.01. The van der Waals surface area contributed by atoms with Crippen molar-refractivity contribution in [2.45, 2.75) is 13.8 Å². The Hall–Kier alpha value is -3.52. The summed E-state index contributed by atoms with van der Waals surface area (Å²) >= 11 is 0. The van der Waals surface area contributed by atoms with Crippen molar-refractivity contribution in [3.8, 4) is 12.1 Å². The van der Waals surface area contributed by atoms with Crippen molar-refractivity contribution in [3.05, 3.63) is 57.2 Å². The first kappa shape index (κ1) is 16.5. The molecule has 0 bridgehead atoms. The molecule has 0 aromatic carbocycles. The van der Waals surface area contributed by atoms with Crippen molar-refractivity contribution in [2.75, 3.05) is 5.73 Å². The van der Waals surface area contributed by atoms with Gasteiger partial charge >= 0.3 is 0 Å². The fourth-order valence-corrected chi connectivity index (χ4v) is 1.57. The highest BCUT2D eigenvalue weighted by molar-refractivity contribution is 5.43. The van der Waals surface area contributed by atoms with Gasteiger partial charge in [-0.15, -0.1) is 0 Å². The van der Waals surface area contributed by atoms with Gasteiger partial charge in [-0.3, -0.25) is 10.1 Å². The number of pyridine rings is 2. The molecule has 8 nitrogen and oxygen atoms in total. The lowest BCUT2D eigenvalue weighted by molar-refractivity contribution is -0.385. The minimum atomic E-state index is -0.546. The Kier molecular flexibility index (Phi) is 5.50. The smallest absolute Gasteiger partial charge is 0.274 e. The van der Waals surface area contributed by atoms with Gasteiger partial charge in [-0.1, -0.05) is 0 Å². The van der Waals surface area contributed by atoms with Gasteiger partial charge in [0.2, 0.25) is 0 Å². The van der Waals surface area contributed by atoms with Gasteiger partial charge in [0.05, 0.1) is 11.0 Å². The number of hydrogen-bond donors (Lipinski definition) is 1. The topological polar surface area (TPSA) is 143 Å². The van der Waals surface area contributed by atoms with Gasteiger partial charge in [0, 0.05) is 23.1 Å². The summed E-state index contributed by atoms with van der Waals surface area (Å²) < 4.78 is 0. The molecule has 2 rings (SSSR count). The van der Waals surface area contributed by atoms with Gasteiger partial charge in [-0.05, 0) is 26.0 Å². The van der Waals surface area contributed by atoms with Crippen LogP contribution < -0.4 is 5.73 Å². The third kappa shape index (κ3) is 4.87. The number of anilines is 1. The van der Waals surface area contributed by atoms with Crippen LogP contribution >= 0.6 is 0 Å². The fraction of sp³-hybridized carbons (Fsp3) is 0.143. The van der Waals surface area contributed by atoms with Crippen LogP contribution in [0, 0.1) is 46.6 Å². The summed E-state index contributed by atoms with van der Waals surface area (Å²) in [6, 6.07) is 9.40. The monoisotopic (exact) mass is 296 g/mol. The van der Waals surface area contributed by atoms with E-state index in [0.717, 1.165) is 11.8 Å². The SMILES string of the molecule is Cc1cc(N)cc(C#N)n1.Cc1cc([N+](=O)[O-])cc(C#N)n1. The Bertz CT molecular complexity index is 769. The quantitative estimate of drug-likeness (QED) is 0.626. The van der Waals surface area contributed by atoms with E-state index in [-0.39, 0.29) is 11.4 Å². The lowest BCUT2D eigenvalue weighted by Gasteiger charge is -1.94. The average Bonchev–Trinajstić information content (AvgIpc) is 2.46. The van der Waals surface area contributed by atoms with Crippen LogP contribution in [0.1, 0.15) is 22.8 Å². The van der Waals surface area contributed by atoms with Crippen molar-refractivity contribution in [1.82, 2.24) is 9.97 Å². The number of nitriles is 2. The lowest BCUT2D eigenvalue weighted by atomic mass is 10.3. The van der Waals surface area contributed by atoms with Crippen LogP contribution in [0.3, 0.4) is 0 Å². The molecule has 0 spiro atoms. The number of nitro groups is 1. The van der Waals surface area contributed by atoms with Gasteiger partial charge in [0.25, 0.3) is 5.69 Å². The van der Waals surface area contributed by atoms with Crippen molar-refractivity contribution < 1.29 is 4.92 Å². The van der Waals surface area contributed by atoms with Gasteiger partial charge in [0.1, 0.15) is 23.5 Å². The van der Waals surface area contributed by atoms with Crippen LogP contribution in [0.25, 0.3) is 0 Å². The van der Waals surface area contributed by atoms with Crippen molar-refractivity contribution >= 4 is 11.4 Å². The maximum absolute atomic E-state index is 10.3. The molecule has 0 saturated carbocycles. The van der Waals surface area contributed by atoms with Crippen molar-refractivity contribution in [3.63, 3.8) is 0 Å². The van der Waals surface area contributed by atoms with E-state index in [1.54, 1.807) is 32.0 Å². The molecule has 0 amide bonds. The number of aromatic nitrogens is 2. The van der Waals surface area contributed by atoms with Crippen molar-refractivity contribution in [2.24, 2.45) is 0 Å². The zero-order chi connectivity index (χ0) is 16.7. The summed E-state index contributed by atoms with van der Waals surface area (Å²) in [5.74, 6) is 0. The Balaban J connectivity index is 0.000000224. The molecule has 110 valence electrons. The Morgan fingerprint density at radius 1 is 1.05 bits per heavy atom. The zero-order valence-electron chi connectivity index (χ0n) is 11.9. The molecular formula is C14H12N6O2. The van der Waals surface area contributed by atoms with Crippen LogP contribution in [0.2, 0.25) is 0 Å². The first-order valence-electron chi connectivity index (χ1n) is 6.03. The fourth-order valence-electron chi connectivity index (χ4n) is 1.57. The number of rotatable bonds is 1. The highest BCUT2D eigenvalue weighted by Crippen LogP contribution is 2.12. The molecule has 2 aromatic heterocycles. The minimum Gasteiger partial charge on any atom is -0.399 e. The molecule has 0 aliphatic carbocycles. The van der Waals surface area contributed by atoms with E-state index >= 15 is 0 Å². The van der Waals surface area contributed by atoms with E-state index in [0.29, 0.717) is 17.1 Å². The van der Waals surface area contributed by atoms with Crippen molar-refractivity contribution in [1.29, 1.82) is 10.5 Å². The molecule has 0 fully saturated rings. The molecular weight excluding hydrogens is 284 g/mol. The number of nitrogens with two attached hydrogens (primary N) is 1. The van der Waals surface area contributed by atoms with E-state index in [2.05, 4.69) is 9.97 Å². The third-order valence-corrected chi connectivity index (χ3v) is 2.35. The molecule has 0 atom stereocenters. The minimum absolute atomic E-state index is 0.0710. The van der Waals surface area contributed by atoms with E-state index in [1.807, 2.05) is 6.07 Å². The maximum Gasteiger partial charge on any atom is 0.274 e. The summed E-state index contributed by atoms with van der Waals surface area (Å²) in [6.45, 7) is 3.41. The number of nitrogens with zero attached hydrogens (tertiary/aromatic N) is 5. The molecule has 0 aliphatic heterocycles. The van der Waals surface area contributed by atoms with Gasteiger partial charge in [-0.2, -0.15) is 10.5 Å². The molecule has 2 aromatic rings. The zero-order valence-corrected chi connectivity index (χ0v) is 11.9. The largest absolute Gasteiger partial charge is 0.399 e. The van der Waals surface area contributed by atoms with Crippen LogP contribution in [-0.2, 0) is 0 Å². The maximum atomic E-state index is 10.3. The first-order valence-corrected chi connectivity index (χ1v) is 6.03. The number of aryl methyl sites for hydroxylation is 2. The molecule has 22 heavy (non-hydrogen) atoms. The molecule has 0 unspecified atom stereocenters. The standard InChI is InChI=1S/C7H5N3O2.C7H7N3/c1-5-2-7(10(11)12)3-6(4-8)9-5;1-5-2-6(9)3-7(4-8)10-5/h2-3H,1H3;2-3H,1H3,(H2,9,10). The second-order valence-electron chi connectivity index (χ2n) is 4.26. The number of hydrogen-bond acceptors (Lipinski definition) is 7. The molecule has 0 aliphatic rings. The lowest BCUT2D eigenvalue weighted by Crippen LogP contribution is -1.93. The van der Waals surface area contributed by atoms with E-state index in [1.165, 1.54) is 6.07 Å². The predicted molar refractivity (Wildman–Crippen MR) is 78.4 cm³/mol. The molecule has 8 heteroatoms. The van der Waals surface area contributed by atoms with Gasteiger partial charge < -0.3 is 5.73 Å². The number of nitrogen functional groups attached to an aromatic ring is 1. The van der Waals surface area contributed by atoms with Crippen LogP contribution in [0.4, 0.5) is 11.4 Å². The van der Waals surface area contributed by atoms with E-state index in [4.69, 9.17) is 16.3 Å². The Labute approximate surface area is 126 Å². The first-order chi connectivity index (χ1) is 10.3. The third-order valence-electron chi connectivity index (χ3n) is 2.35. The summed E-state index contributed by atoms with van der Waals surface area (Å²) in [6.07, 6.45) is 0. The summed E-state index contributed by atoms with van der Waals surface area (Å²) in [5.41, 5.74) is 7.62. The van der Waals surface area contributed by atoms with E-state index < -0.39 is 4.92 Å². The normalized spacial score (nSPS) is 8.91. The Morgan fingerprint density at radius 3 is 2.00 bits per heavy atom. The van der Waals surface area contributed by atoms with Crippen LogP contribution in [0.5, 0.6) is 0 Å². The summed E-state index contributed by atoms with van der Waals surface area (Å²) in [5, 5.41) is 27.1. The molecule has 2 heterocycles. The summed E-state index contributed by atoms with van der Waals surface area (Å²) in [4.78, 5) is 17.4. The average molecular weight is 296 g/mol. The van der Waals surface area contributed by atoms with E-state index in [9.17, 15) is 10.1 Å². The second-order valence-corrected chi connectivity index (χ2v) is 4.26. The highest BCUT2D eigenvalue weighted by Gasteiger charge is 2.08. The Morgan fingerprint density at radius 2 is 1.55 bits per heavy atom. The highest BCUT2D eigenvalue weighted by atomic mass is 16.6. The second kappa shape index (κ2) is 7.31. The summed E-state index contributed by atoms with van der Waals surface area (Å²) in [7, 11) is 0. The van der Waals surface area contributed by atoms with Crippen LogP contribution in [0.15, 0.2) is 24.3 Å². The van der Waals surface area contributed by atoms with Gasteiger partial charge in [-0.25, -0.2) is 9.97 Å². The molecule has 2 N–H and O–H groups in total. The molecule has 0 radical (unpaired) electrons. The van der Waals surface area contributed by atoms with Gasteiger partial charge in [0.15, 0.2) is 0 Å². The van der Waals surface area contributed by atoms with Crippen LogP contribution in [-0.4, -0.2) is 14.9 Å². The molecule has 0 saturated heterocycles.